The van der Waals surface area contributed by atoms with Crippen LogP contribution in [0.4, 0.5) is 10.5 Å². The van der Waals surface area contributed by atoms with E-state index in [1.54, 1.807) is 11.9 Å². The van der Waals surface area contributed by atoms with Crippen LogP contribution in [0.25, 0.3) is 0 Å². The molecule has 4 nitrogen and oxygen atoms in total. The third-order valence-corrected chi connectivity index (χ3v) is 2.62. The zero-order valence-corrected chi connectivity index (χ0v) is 11.1. The van der Waals surface area contributed by atoms with Gasteiger partial charge in [0.15, 0.2) is 0 Å². The molecule has 0 spiro atoms. The number of carbonyl (C=O) groups excluding carboxylic acids is 1. The highest BCUT2D eigenvalue weighted by Crippen LogP contribution is 2.14. The number of urea groups is 1. The Morgan fingerprint density at radius 2 is 2.22 bits per heavy atom. The van der Waals surface area contributed by atoms with Crippen molar-refractivity contribution in [2.45, 2.75) is 13.8 Å². The maximum atomic E-state index is 11.7. The second-order valence-electron chi connectivity index (χ2n) is 3.98. The van der Waals surface area contributed by atoms with Gasteiger partial charge in [-0.3, -0.25) is 0 Å². The van der Waals surface area contributed by atoms with E-state index in [2.05, 4.69) is 17.2 Å². The average Bonchev–Trinajstić information content (AvgIpc) is 2.36. The molecule has 0 aromatic heterocycles. The molecule has 0 saturated carbocycles. The highest BCUT2D eigenvalue weighted by Gasteiger charge is 2.06. The summed E-state index contributed by atoms with van der Waals surface area (Å²) in [5.41, 5.74) is 8.06. The predicted molar refractivity (Wildman–Crippen MR) is 74.4 cm³/mol. The molecule has 0 saturated heterocycles. The van der Waals surface area contributed by atoms with Crippen molar-refractivity contribution in [3.63, 3.8) is 0 Å². The summed E-state index contributed by atoms with van der Waals surface area (Å²) in [7, 11) is 1.75. The van der Waals surface area contributed by atoms with Gasteiger partial charge in [0.25, 0.3) is 0 Å². The van der Waals surface area contributed by atoms with Gasteiger partial charge < -0.3 is 16.0 Å². The molecule has 96 valence electrons. The normalized spacial score (nSPS) is 9.33. The molecule has 2 amide bonds. The molecule has 0 atom stereocenters. The molecular formula is C14H19N3O. The largest absolute Gasteiger partial charge is 0.328 e. The van der Waals surface area contributed by atoms with Gasteiger partial charge in [0.2, 0.25) is 0 Å². The smallest absolute Gasteiger partial charge is 0.321 e. The number of rotatable bonds is 2. The van der Waals surface area contributed by atoms with Gasteiger partial charge in [-0.1, -0.05) is 11.8 Å². The van der Waals surface area contributed by atoms with Crippen molar-refractivity contribution < 1.29 is 4.79 Å². The number of aryl methyl sites for hydroxylation is 1. The van der Waals surface area contributed by atoms with Gasteiger partial charge in [-0.25, -0.2) is 4.79 Å². The number of hydrogen-bond acceptors (Lipinski definition) is 2. The summed E-state index contributed by atoms with van der Waals surface area (Å²) >= 11 is 0. The standard InChI is InChI=1S/C14H19N3O/c1-4-17(3)14(18)16-13-8-7-12(6-5-9-15)11(2)10-13/h7-8,10H,4,9,15H2,1-3H3,(H,16,18). The lowest BCUT2D eigenvalue weighted by molar-refractivity contribution is 0.224. The van der Waals surface area contributed by atoms with Crippen LogP contribution in [0.3, 0.4) is 0 Å². The molecule has 1 aromatic carbocycles. The van der Waals surface area contributed by atoms with Crippen LogP contribution in [0.5, 0.6) is 0 Å². The second-order valence-corrected chi connectivity index (χ2v) is 3.98. The molecule has 0 bridgehead atoms. The number of nitrogens with zero attached hydrogens (tertiary/aromatic N) is 1. The van der Waals surface area contributed by atoms with Crippen molar-refractivity contribution in [3.05, 3.63) is 29.3 Å². The van der Waals surface area contributed by atoms with Crippen molar-refractivity contribution in [3.8, 4) is 11.8 Å². The number of carbonyl (C=O) groups is 1. The minimum atomic E-state index is -0.113. The Kier molecular flexibility index (Phi) is 5.22. The van der Waals surface area contributed by atoms with E-state index in [1.165, 1.54) is 0 Å². The Morgan fingerprint density at radius 3 is 2.78 bits per heavy atom. The summed E-state index contributed by atoms with van der Waals surface area (Å²) in [6.07, 6.45) is 0. The molecule has 0 aliphatic heterocycles. The van der Waals surface area contributed by atoms with Gasteiger partial charge in [0.05, 0.1) is 6.54 Å². The Labute approximate surface area is 108 Å². The molecule has 1 aromatic rings. The van der Waals surface area contributed by atoms with Crippen molar-refractivity contribution in [2.75, 3.05) is 25.5 Å². The molecule has 0 aliphatic rings. The first-order valence-corrected chi connectivity index (χ1v) is 5.90. The lowest BCUT2D eigenvalue weighted by atomic mass is 10.1. The molecule has 1 rings (SSSR count). The highest BCUT2D eigenvalue weighted by atomic mass is 16.2. The highest BCUT2D eigenvalue weighted by molar-refractivity contribution is 5.89. The van der Waals surface area contributed by atoms with Crippen molar-refractivity contribution in [1.82, 2.24) is 4.90 Å². The molecule has 4 heteroatoms. The molecular weight excluding hydrogens is 226 g/mol. The summed E-state index contributed by atoms with van der Waals surface area (Å²) in [5.74, 6) is 5.80. The SMILES string of the molecule is CCN(C)C(=O)Nc1ccc(C#CCN)c(C)c1. The molecule has 0 radical (unpaired) electrons. The topological polar surface area (TPSA) is 58.4 Å². The number of benzene rings is 1. The summed E-state index contributed by atoms with van der Waals surface area (Å²) < 4.78 is 0. The van der Waals surface area contributed by atoms with Gasteiger partial charge in [-0.2, -0.15) is 0 Å². The predicted octanol–water partition coefficient (Wildman–Crippen LogP) is 1.79. The minimum Gasteiger partial charge on any atom is -0.328 e. The summed E-state index contributed by atoms with van der Waals surface area (Å²) in [6, 6.07) is 5.52. The van der Waals surface area contributed by atoms with E-state index < -0.39 is 0 Å². The van der Waals surface area contributed by atoms with Crippen LogP contribution < -0.4 is 11.1 Å². The Bertz CT molecular complexity index is 486. The average molecular weight is 245 g/mol. The molecule has 18 heavy (non-hydrogen) atoms. The number of nitrogens with one attached hydrogen (secondary N) is 1. The lowest BCUT2D eigenvalue weighted by Gasteiger charge is -2.15. The van der Waals surface area contributed by atoms with Crippen molar-refractivity contribution in [2.24, 2.45) is 5.73 Å². The summed E-state index contributed by atoms with van der Waals surface area (Å²) in [4.78, 5) is 13.3. The second kappa shape index (κ2) is 6.67. The van der Waals surface area contributed by atoms with E-state index in [0.717, 1.165) is 16.8 Å². The molecule has 0 fully saturated rings. The zero-order valence-electron chi connectivity index (χ0n) is 11.1. The van der Waals surface area contributed by atoms with Gasteiger partial charge in [-0.05, 0) is 37.6 Å². The number of amides is 2. The van der Waals surface area contributed by atoms with E-state index >= 15 is 0 Å². The maximum Gasteiger partial charge on any atom is 0.321 e. The van der Waals surface area contributed by atoms with Crippen LogP contribution in [0, 0.1) is 18.8 Å². The molecule has 0 heterocycles. The Morgan fingerprint density at radius 1 is 1.50 bits per heavy atom. The fourth-order valence-electron chi connectivity index (χ4n) is 1.39. The van der Waals surface area contributed by atoms with Crippen LogP contribution in [0.1, 0.15) is 18.1 Å². The van der Waals surface area contributed by atoms with Crippen LogP contribution in [0.15, 0.2) is 18.2 Å². The molecule has 0 unspecified atom stereocenters. The van der Waals surface area contributed by atoms with Crippen molar-refractivity contribution >= 4 is 11.7 Å². The Balaban J connectivity index is 2.82. The van der Waals surface area contributed by atoms with E-state index in [1.807, 2.05) is 32.0 Å². The van der Waals surface area contributed by atoms with Crippen molar-refractivity contribution in [1.29, 1.82) is 0 Å². The quantitative estimate of drug-likeness (QED) is 0.780. The third-order valence-electron chi connectivity index (χ3n) is 2.62. The van der Waals surface area contributed by atoms with E-state index in [9.17, 15) is 4.79 Å². The third kappa shape index (κ3) is 3.79. The summed E-state index contributed by atoms with van der Waals surface area (Å²) in [5, 5.41) is 2.83. The lowest BCUT2D eigenvalue weighted by Crippen LogP contribution is -2.30. The van der Waals surface area contributed by atoms with E-state index in [-0.39, 0.29) is 6.03 Å². The first-order chi connectivity index (χ1) is 8.58. The monoisotopic (exact) mass is 245 g/mol. The van der Waals surface area contributed by atoms with Gasteiger partial charge in [0.1, 0.15) is 0 Å². The zero-order chi connectivity index (χ0) is 13.5. The van der Waals surface area contributed by atoms with Crippen LogP contribution in [0.2, 0.25) is 0 Å². The first kappa shape index (κ1) is 14.1. The number of anilines is 1. The maximum absolute atomic E-state index is 11.7. The first-order valence-electron chi connectivity index (χ1n) is 5.90. The number of nitrogens with two attached hydrogens (primary N) is 1. The fourth-order valence-corrected chi connectivity index (χ4v) is 1.39. The molecule has 0 aliphatic carbocycles. The van der Waals surface area contributed by atoms with E-state index in [4.69, 9.17) is 5.73 Å². The number of hydrogen-bond donors (Lipinski definition) is 2. The van der Waals surface area contributed by atoms with Gasteiger partial charge in [-0.15, -0.1) is 0 Å². The van der Waals surface area contributed by atoms with Gasteiger partial charge in [0, 0.05) is 24.8 Å². The van der Waals surface area contributed by atoms with Crippen LogP contribution >= 0.6 is 0 Å². The Hall–Kier alpha value is -1.99. The van der Waals surface area contributed by atoms with Gasteiger partial charge >= 0.3 is 6.03 Å². The van der Waals surface area contributed by atoms with E-state index in [0.29, 0.717) is 13.1 Å². The fraction of sp³-hybridized carbons (Fsp3) is 0.357. The summed E-state index contributed by atoms with van der Waals surface area (Å²) in [6.45, 7) is 4.90. The molecule has 3 N–H and O–H groups in total. The minimum absolute atomic E-state index is 0.113. The van der Waals surface area contributed by atoms with Crippen LogP contribution in [-0.4, -0.2) is 31.1 Å². The van der Waals surface area contributed by atoms with Crippen LogP contribution in [-0.2, 0) is 0 Å².